The third-order valence-corrected chi connectivity index (χ3v) is 6.27. The van der Waals surface area contributed by atoms with Gasteiger partial charge >= 0.3 is 0 Å². The highest BCUT2D eigenvalue weighted by Gasteiger charge is 2.31. The molecular formula is C24H20ClNO3S. The fourth-order valence-corrected chi connectivity index (χ4v) is 4.87. The lowest BCUT2D eigenvalue weighted by Gasteiger charge is -2.24. The molecule has 1 atom stereocenters. The number of amides is 1. The molecule has 1 aliphatic heterocycles. The van der Waals surface area contributed by atoms with Crippen molar-refractivity contribution in [3.63, 3.8) is 0 Å². The molecule has 1 aromatic heterocycles. The summed E-state index contributed by atoms with van der Waals surface area (Å²) in [6, 6.07) is 13.4. The second-order valence-corrected chi connectivity index (χ2v) is 8.18. The van der Waals surface area contributed by atoms with Gasteiger partial charge in [0, 0.05) is 33.2 Å². The Morgan fingerprint density at radius 2 is 2.00 bits per heavy atom. The van der Waals surface area contributed by atoms with E-state index in [9.17, 15) is 4.79 Å². The minimum absolute atomic E-state index is 0.00766. The number of anilines is 1. The Morgan fingerprint density at radius 3 is 2.73 bits per heavy atom. The van der Waals surface area contributed by atoms with E-state index in [1.54, 1.807) is 11.3 Å². The molecule has 0 fully saturated rings. The van der Waals surface area contributed by atoms with Crippen molar-refractivity contribution in [1.29, 1.82) is 0 Å². The third-order valence-electron chi connectivity index (χ3n) is 4.93. The van der Waals surface area contributed by atoms with E-state index >= 15 is 0 Å². The number of carbonyl (C=O) groups excluding carboxylic acids is 1. The van der Waals surface area contributed by atoms with Crippen LogP contribution in [0.15, 0.2) is 47.8 Å². The van der Waals surface area contributed by atoms with Crippen molar-refractivity contribution in [3.8, 4) is 35.0 Å². The maximum Gasteiger partial charge on any atom is 0.225 e. The van der Waals surface area contributed by atoms with Crippen molar-refractivity contribution in [1.82, 2.24) is 0 Å². The van der Waals surface area contributed by atoms with E-state index < -0.39 is 0 Å². The molecule has 2 heterocycles. The smallest absolute Gasteiger partial charge is 0.225 e. The van der Waals surface area contributed by atoms with Gasteiger partial charge in [0.2, 0.25) is 5.91 Å². The predicted molar refractivity (Wildman–Crippen MR) is 122 cm³/mol. The molecule has 2 aromatic carbocycles. The van der Waals surface area contributed by atoms with Crippen LogP contribution in [0.4, 0.5) is 5.69 Å². The molecule has 1 amide bonds. The first-order chi connectivity index (χ1) is 14.6. The first-order valence-corrected chi connectivity index (χ1v) is 10.9. The fourth-order valence-electron chi connectivity index (χ4n) is 3.59. The first-order valence-electron chi connectivity index (χ1n) is 9.61. The Balaban J connectivity index is 1.73. The monoisotopic (exact) mass is 437 g/mol. The number of hydrogen-bond donors (Lipinski definition) is 1. The largest absolute Gasteiger partial charge is 0.490 e. The summed E-state index contributed by atoms with van der Waals surface area (Å²) >= 11 is 7.67. The van der Waals surface area contributed by atoms with Crippen LogP contribution >= 0.6 is 22.9 Å². The number of benzene rings is 2. The van der Waals surface area contributed by atoms with E-state index in [2.05, 4.69) is 16.6 Å². The standard InChI is InChI=1S/C24H20ClNO3S/c1-3-11-29-20-10-7-16(12-21(20)28-4-2)18-13-22(27)26-23-19(14-30-24(18)23)15-5-8-17(25)9-6-15/h1,5-10,12,14,18H,4,11,13H2,2H3,(H,26,27). The van der Waals surface area contributed by atoms with Crippen molar-refractivity contribution in [2.24, 2.45) is 0 Å². The van der Waals surface area contributed by atoms with Crippen molar-refractivity contribution in [2.45, 2.75) is 19.3 Å². The average molecular weight is 438 g/mol. The summed E-state index contributed by atoms with van der Waals surface area (Å²) in [5, 5.41) is 5.83. The predicted octanol–water partition coefficient (Wildman–Crippen LogP) is 5.95. The summed E-state index contributed by atoms with van der Waals surface area (Å²) in [5.41, 5.74) is 3.90. The third kappa shape index (κ3) is 4.02. The molecule has 0 saturated heterocycles. The Kier molecular flexibility index (Phi) is 5.98. The second kappa shape index (κ2) is 8.83. The maximum absolute atomic E-state index is 12.6. The Hall–Kier alpha value is -2.94. The van der Waals surface area contributed by atoms with Crippen LogP contribution in [-0.4, -0.2) is 19.1 Å². The van der Waals surface area contributed by atoms with Gasteiger partial charge in [-0.1, -0.05) is 35.7 Å². The maximum atomic E-state index is 12.6. The van der Waals surface area contributed by atoms with E-state index in [1.165, 1.54) is 0 Å². The zero-order valence-electron chi connectivity index (χ0n) is 16.4. The molecule has 152 valence electrons. The number of fused-ring (bicyclic) bond motifs is 1. The van der Waals surface area contributed by atoms with Crippen molar-refractivity contribution < 1.29 is 14.3 Å². The van der Waals surface area contributed by atoms with Gasteiger partial charge in [-0.3, -0.25) is 4.79 Å². The molecule has 0 aliphatic carbocycles. The summed E-state index contributed by atoms with van der Waals surface area (Å²) in [6.45, 7) is 2.60. The molecule has 1 aliphatic rings. The number of nitrogens with one attached hydrogen (secondary N) is 1. The normalized spacial score (nSPS) is 15.1. The second-order valence-electron chi connectivity index (χ2n) is 6.83. The van der Waals surface area contributed by atoms with E-state index in [-0.39, 0.29) is 18.4 Å². The fraction of sp³-hybridized carbons (Fsp3) is 0.208. The molecule has 0 saturated carbocycles. The van der Waals surface area contributed by atoms with Gasteiger partial charge in [-0.25, -0.2) is 0 Å². The number of hydrogen-bond acceptors (Lipinski definition) is 4. The van der Waals surface area contributed by atoms with Crippen LogP contribution in [-0.2, 0) is 4.79 Å². The number of rotatable bonds is 6. The summed E-state index contributed by atoms with van der Waals surface area (Å²) in [7, 11) is 0. The van der Waals surface area contributed by atoms with Crippen LogP contribution in [0, 0.1) is 12.3 Å². The summed E-state index contributed by atoms with van der Waals surface area (Å²) in [6.07, 6.45) is 5.69. The zero-order chi connectivity index (χ0) is 21.1. The average Bonchev–Trinajstić information content (AvgIpc) is 3.16. The number of ether oxygens (including phenoxy) is 2. The lowest BCUT2D eigenvalue weighted by molar-refractivity contribution is -0.116. The molecule has 6 heteroatoms. The molecule has 4 nitrogen and oxygen atoms in total. The molecule has 1 N–H and O–H groups in total. The Labute approximate surface area is 184 Å². The Bertz CT molecular complexity index is 1110. The molecule has 0 spiro atoms. The van der Waals surface area contributed by atoms with Gasteiger partial charge in [0.25, 0.3) is 0 Å². The topological polar surface area (TPSA) is 47.6 Å². The summed E-state index contributed by atoms with van der Waals surface area (Å²) in [5.74, 6) is 3.64. The molecule has 1 unspecified atom stereocenters. The first kappa shape index (κ1) is 20.3. The van der Waals surface area contributed by atoms with Crippen LogP contribution in [0.2, 0.25) is 5.02 Å². The van der Waals surface area contributed by atoms with Gasteiger partial charge in [0.1, 0.15) is 6.61 Å². The molecule has 30 heavy (non-hydrogen) atoms. The zero-order valence-corrected chi connectivity index (χ0v) is 18.0. The van der Waals surface area contributed by atoms with Crippen LogP contribution in [0.5, 0.6) is 11.5 Å². The minimum Gasteiger partial charge on any atom is -0.490 e. The highest BCUT2D eigenvalue weighted by molar-refractivity contribution is 7.11. The van der Waals surface area contributed by atoms with Gasteiger partial charge in [-0.05, 0) is 42.3 Å². The van der Waals surface area contributed by atoms with Crippen molar-refractivity contribution >= 4 is 34.5 Å². The van der Waals surface area contributed by atoms with Gasteiger partial charge in [0.05, 0.1) is 12.3 Å². The molecule has 3 aromatic rings. The van der Waals surface area contributed by atoms with Crippen LogP contribution in [0.1, 0.15) is 29.7 Å². The van der Waals surface area contributed by atoms with Crippen molar-refractivity contribution in [2.75, 3.05) is 18.5 Å². The highest BCUT2D eigenvalue weighted by Crippen LogP contribution is 2.47. The summed E-state index contributed by atoms with van der Waals surface area (Å²) in [4.78, 5) is 13.7. The van der Waals surface area contributed by atoms with Crippen LogP contribution in [0.25, 0.3) is 11.1 Å². The minimum atomic E-state index is -0.0549. The molecule has 0 radical (unpaired) electrons. The van der Waals surface area contributed by atoms with Gasteiger partial charge < -0.3 is 14.8 Å². The van der Waals surface area contributed by atoms with Crippen molar-refractivity contribution in [3.05, 3.63) is 63.3 Å². The lowest BCUT2D eigenvalue weighted by Crippen LogP contribution is -2.22. The van der Waals surface area contributed by atoms with Gasteiger partial charge in [-0.2, -0.15) is 0 Å². The lowest BCUT2D eigenvalue weighted by atomic mass is 9.89. The molecule has 4 rings (SSSR count). The number of halogens is 1. The quantitative estimate of drug-likeness (QED) is 0.484. The van der Waals surface area contributed by atoms with Crippen LogP contribution in [0.3, 0.4) is 0 Å². The highest BCUT2D eigenvalue weighted by atomic mass is 35.5. The molecule has 0 bridgehead atoms. The van der Waals surface area contributed by atoms with E-state index in [0.29, 0.717) is 29.5 Å². The molecular weight excluding hydrogens is 418 g/mol. The summed E-state index contributed by atoms with van der Waals surface area (Å²) < 4.78 is 11.4. The van der Waals surface area contributed by atoms with E-state index in [4.69, 9.17) is 27.5 Å². The number of terminal acetylenes is 1. The number of thiophene rings is 1. The van der Waals surface area contributed by atoms with Gasteiger partial charge in [-0.15, -0.1) is 17.8 Å². The Morgan fingerprint density at radius 1 is 1.20 bits per heavy atom. The van der Waals surface area contributed by atoms with E-state index in [1.807, 2.05) is 49.4 Å². The van der Waals surface area contributed by atoms with E-state index in [0.717, 1.165) is 27.3 Å². The van der Waals surface area contributed by atoms with Gasteiger partial charge in [0.15, 0.2) is 11.5 Å². The SMILES string of the molecule is C#CCOc1ccc(C2CC(=O)Nc3c(-c4ccc(Cl)cc4)csc32)cc1OCC. The number of carbonyl (C=O) groups is 1. The van der Waals surface area contributed by atoms with Crippen LogP contribution < -0.4 is 14.8 Å².